The third-order valence-corrected chi connectivity index (χ3v) is 4.46. The van der Waals surface area contributed by atoms with Crippen molar-refractivity contribution in [3.8, 4) is 0 Å². The molecule has 0 unspecified atom stereocenters. The van der Waals surface area contributed by atoms with Crippen LogP contribution in [0.5, 0.6) is 0 Å². The molecule has 8 nitrogen and oxygen atoms in total. The van der Waals surface area contributed by atoms with E-state index in [2.05, 4.69) is 10.6 Å². The van der Waals surface area contributed by atoms with Gasteiger partial charge in [-0.15, -0.1) is 0 Å². The van der Waals surface area contributed by atoms with E-state index in [1.54, 1.807) is 47.4 Å². The number of carbonyl (C=O) groups excluding carboxylic acids is 2. The van der Waals surface area contributed by atoms with Crippen molar-refractivity contribution in [3.63, 3.8) is 0 Å². The molecule has 0 saturated carbocycles. The van der Waals surface area contributed by atoms with E-state index in [0.717, 1.165) is 0 Å². The number of nitrogens with zero attached hydrogens (tertiary/aromatic N) is 2. The van der Waals surface area contributed by atoms with Gasteiger partial charge in [0.25, 0.3) is 11.6 Å². The first-order valence-electron chi connectivity index (χ1n) is 9.62. The number of nitro groups is 1. The predicted octanol–water partition coefficient (Wildman–Crippen LogP) is 3.91. The van der Waals surface area contributed by atoms with E-state index >= 15 is 0 Å². The van der Waals surface area contributed by atoms with Crippen molar-refractivity contribution >= 4 is 28.9 Å². The molecule has 2 rings (SSSR count). The molecule has 0 aromatic heterocycles. The molecule has 0 spiro atoms. The van der Waals surface area contributed by atoms with Gasteiger partial charge in [-0.05, 0) is 50.6 Å². The molecule has 2 aromatic rings. The molecule has 2 amide bonds. The molecule has 0 bridgehead atoms. The van der Waals surface area contributed by atoms with Crippen LogP contribution < -0.4 is 10.6 Å². The highest BCUT2D eigenvalue weighted by molar-refractivity contribution is 5.95. The molecule has 0 radical (unpaired) electrons. The number of hydrogen-bond acceptors (Lipinski definition) is 5. The Kier molecular flexibility index (Phi) is 8.14. The maximum atomic E-state index is 12.3. The summed E-state index contributed by atoms with van der Waals surface area (Å²) >= 11 is 0. The van der Waals surface area contributed by atoms with Gasteiger partial charge in [-0.25, -0.2) is 0 Å². The number of amides is 2. The van der Waals surface area contributed by atoms with Crippen LogP contribution >= 0.6 is 0 Å². The van der Waals surface area contributed by atoms with Gasteiger partial charge in [0.05, 0.1) is 4.92 Å². The molecule has 8 heteroatoms. The van der Waals surface area contributed by atoms with Crippen molar-refractivity contribution in [3.05, 3.63) is 64.2 Å². The van der Waals surface area contributed by atoms with Crippen LogP contribution in [-0.2, 0) is 4.79 Å². The van der Waals surface area contributed by atoms with Crippen LogP contribution in [0.4, 0.5) is 17.1 Å². The van der Waals surface area contributed by atoms with Crippen LogP contribution in [0.25, 0.3) is 0 Å². The Morgan fingerprint density at radius 3 is 2.31 bits per heavy atom. The molecule has 0 aliphatic heterocycles. The van der Waals surface area contributed by atoms with Crippen LogP contribution in [0.3, 0.4) is 0 Å². The monoisotopic (exact) mass is 398 g/mol. The molecule has 0 aliphatic carbocycles. The second-order valence-electron chi connectivity index (χ2n) is 6.41. The normalized spacial score (nSPS) is 10.3. The van der Waals surface area contributed by atoms with Gasteiger partial charge >= 0.3 is 0 Å². The van der Waals surface area contributed by atoms with Gasteiger partial charge in [0.1, 0.15) is 5.69 Å². The summed E-state index contributed by atoms with van der Waals surface area (Å²) < 4.78 is 0. The molecule has 2 N–H and O–H groups in total. The fourth-order valence-electron chi connectivity index (χ4n) is 2.87. The Morgan fingerprint density at radius 2 is 1.69 bits per heavy atom. The minimum Gasteiger partial charge on any atom is -0.379 e. The van der Waals surface area contributed by atoms with Gasteiger partial charge in [-0.2, -0.15) is 0 Å². The quantitative estimate of drug-likeness (QED) is 0.359. The summed E-state index contributed by atoms with van der Waals surface area (Å²) in [5, 5.41) is 16.8. The lowest BCUT2D eigenvalue weighted by Gasteiger charge is -2.18. The van der Waals surface area contributed by atoms with Crippen molar-refractivity contribution in [2.24, 2.45) is 0 Å². The summed E-state index contributed by atoms with van der Waals surface area (Å²) in [5.41, 5.74) is 1.65. The molecule has 0 fully saturated rings. The SMILES string of the molecule is CCN(CC)C(=O)c1ccc(NC(=O)CCCNc2ccccc2[N+](=O)[O-])cc1. The Bertz CT molecular complexity index is 848. The number of anilines is 2. The van der Waals surface area contributed by atoms with Gasteiger partial charge in [-0.3, -0.25) is 19.7 Å². The summed E-state index contributed by atoms with van der Waals surface area (Å²) in [5.74, 6) is -0.189. The summed E-state index contributed by atoms with van der Waals surface area (Å²) in [6, 6.07) is 13.2. The summed E-state index contributed by atoms with van der Waals surface area (Å²) in [7, 11) is 0. The van der Waals surface area contributed by atoms with Gasteiger partial charge < -0.3 is 15.5 Å². The zero-order chi connectivity index (χ0) is 21.2. The number of nitro benzene ring substituents is 1. The van der Waals surface area contributed by atoms with Gasteiger partial charge in [0, 0.05) is 43.4 Å². The molecular formula is C21H26N4O4. The smallest absolute Gasteiger partial charge is 0.292 e. The van der Waals surface area contributed by atoms with E-state index < -0.39 is 4.92 Å². The van der Waals surface area contributed by atoms with Crippen LogP contribution in [0, 0.1) is 10.1 Å². The lowest BCUT2D eigenvalue weighted by atomic mass is 10.1. The van der Waals surface area contributed by atoms with Crippen molar-refractivity contribution < 1.29 is 14.5 Å². The molecule has 0 aliphatic rings. The number of para-hydroxylation sites is 2. The highest BCUT2D eigenvalue weighted by Crippen LogP contribution is 2.23. The second kappa shape index (κ2) is 10.8. The third-order valence-electron chi connectivity index (χ3n) is 4.46. The Balaban J connectivity index is 1.80. The Hall–Kier alpha value is -3.42. The highest BCUT2D eigenvalue weighted by atomic mass is 16.6. The Morgan fingerprint density at radius 1 is 1.03 bits per heavy atom. The predicted molar refractivity (Wildman–Crippen MR) is 113 cm³/mol. The zero-order valence-corrected chi connectivity index (χ0v) is 16.7. The summed E-state index contributed by atoms with van der Waals surface area (Å²) in [4.78, 5) is 36.7. The lowest BCUT2D eigenvalue weighted by Crippen LogP contribution is -2.30. The molecule has 0 heterocycles. The largest absolute Gasteiger partial charge is 0.379 e. The number of nitrogens with one attached hydrogen (secondary N) is 2. The van der Waals surface area contributed by atoms with Crippen LogP contribution in [-0.4, -0.2) is 41.3 Å². The zero-order valence-electron chi connectivity index (χ0n) is 16.7. The molecule has 29 heavy (non-hydrogen) atoms. The lowest BCUT2D eigenvalue weighted by molar-refractivity contribution is -0.384. The van der Waals surface area contributed by atoms with Gasteiger partial charge in [-0.1, -0.05) is 12.1 Å². The van der Waals surface area contributed by atoms with E-state index in [1.165, 1.54) is 6.07 Å². The number of rotatable bonds is 10. The number of carbonyl (C=O) groups is 2. The summed E-state index contributed by atoms with van der Waals surface area (Å²) in [6.45, 7) is 5.60. The maximum Gasteiger partial charge on any atom is 0.292 e. The maximum absolute atomic E-state index is 12.3. The van der Waals surface area contributed by atoms with Crippen LogP contribution in [0.1, 0.15) is 37.0 Å². The minimum absolute atomic E-state index is 0.0105. The van der Waals surface area contributed by atoms with Crippen LogP contribution in [0.2, 0.25) is 0 Å². The van der Waals surface area contributed by atoms with E-state index in [4.69, 9.17) is 0 Å². The fourth-order valence-corrected chi connectivity index (χ4v) is 2.87. The van der Waals surface area contributed by atoms with E-state index in [1.807, 2.05) is 13.8 Å². The average Bonchev–Trinajstić information content (AvgIpc) is 2.72. The fraction of sp³-hybridized carbons (Fsp3) is 0.333. The van der Waals surface area contributed by atoms with Crippen molar-refractivity contribution in [1.29, 1.82) is 0 Å². The molecular weight excluding hydrogens is 372 g/mol. The molecule has 0 saturated heterocycles. The average molecular weight is 398 g/mol. The van der Waals surface area contributed by atoms with Crippen molar-refractivity contribution in [1.82, 2.24) is 4.90 Å². The van der Waals surface area contributed by atoms with Gasteiger partial charge in [0.15, 0.2) is 0 Å². The number of hydrogen-bond donors (Lipinski definition) is 2. The van der Waals surface area contributed by atoms with Crippen molar-refractivity contribution in [2.45, 2.75) is 26.7 Å². The minimum atomic E-state index is -0.441. The van der Waals surface area contributed by atoms with Gasteiger partial charge in [0.2, 0.25) is 5.91 Å². The van der Waals surface area contributed by atoms with E-state index in [-0.39, 0.29) is 23.9 Å². The topological polar surface area (TPSA) is 105 Å². The van der Waals surface area contributed by atoms with Crippen molar-refractivity contribution in [2.75, 3.05) is 30.3 Å². The van der Waals surface area contributed by atoms with Crippen LogP contribution in [0.15, 0.2) is 48.5 Å². The highest BCUT2D eigenvalue weighted by Gasteiger charge is 2.13. The molecule has 154 valence electrons. The van der Waals surface area contributed by atoms with E-state index in [9.17, 15) is 19.7 Å². The Labute approximate surface area is 170 Å². The number of benzene rings is 2. The first-order chi connectivity index (χ1) is 14.0. The molecule has 0 atom stereocenters. The summed E-state index contributed by atoms with van der Waals surface area (Å²) in [6.07, 6.45) is 0.796. The first kappa shape index (κ1) is 21.9. The first-order valence-corrected chi connectivity index (χ1v) is 9.62. The molecule has 2 aromatic carbocycles. The second-order valence-corrected chi connectivity index (χ2v) is 6.41. The standard InChI is InChI=1S/C21H26N4O4/c1-3-24(4-2)21(27)16-11-13-17(14-12-16)23-20(26)10-7-15-22-18-8-5-6-9-19(18)25(28)29/h5-6,8-9,11-14,22H,3-4,7,10,15H2,1-2H3,(H,23,26). The van der Waals surface area contributed by atoms with E-state index in [0.29, 0.717) is 43.0 Å². The third kappa shape index (κ3) is 6.31.